The van der Waals surface area contributed by atoms with Crippen LogP contribution >= 0.6 is 0 Å². The zero-order chi connectivity index (χ0) is 30.3. The first kappa shape index (κ1) is 31.3. The Morgan fingerprint density at radius 1 is 0.905 bits per heavy atom. The molecule has 3 aromatic carbocycles. The first-order chi connectivity index (χ1) is 20.0. The number of hydrogen-bond donors (Lipinski definition) is 0. The number of alkyl halides is 3. The van der Waals surface area contributed by atoms with E-state index in [0.29, 0.717) is 31.4 Å². The van der Waals surface area contributed by atoms with E-state index in [0.717, 1.165) is 16.7 Å². The normalized spacial score (nSPS) is 18.3. The van der Waals surface area contributed by atoms with Crippen molar-refractivity contribution in [2.45, 2.75) is 45.3 Å². The molecule has 0 aliphatic carbocycles. The van der Waals surface area contributed by atoms with Gasteiger partial charge in [0.2, 0.25) is 5.75 Å². The maximum Gasteiger partial charge on any atom is 0.573 e. The van der Waals surface area contributed by atoms with E-state index in [1.54, 1.807) is 36.4 Å². The third-order valence-electron chi connectivity index (χ3n) is 6.75. The van der Waals surface area contributed by atoms with Gasteiger partial charge in [-0.05, 0) is 55.0 Å². The van der Waals surface area contributed by atoms with Crippen molar-refractivity contribution >= 4 is 5.83 Å². The number of allylic oxidation sites excluding steroid dienone is 3. The summed E-state index contributed by atoms with van der Waals surface area (Å²) in [7, 11) is 0. The second-order valence-electron chi connectivity index (χ2n) is 9.87. The summed E-state index contributed by atoms with van der Waals surface area (Å²) >= 11 is 0. The first-order valence-electron chi connectivity index (χ1n) is 13.4. The quantitative estimate of drug-likeness (QED) is 0.173. The third kappa shape index (κ3) is 8.45. The fourth-order valence-corrected chi connectivity index (χ4v) is 4.52. The molecule has 3 aromatic rings. The predicted octanol–water partition coefficient (Wildman–Crippen LogP) is 9.79. The second-order valence-corrected chi connectivity index (χ2v) is 9.87. The lowest BCUT2D eigenvalue weighted by molar-refractivity contribution is -0.276. The number of benzene rings is 3. The molecule has 1 aliphatic rings. The molecule has 4 rings (SSSR count). The Bertz CT molecular complexity index is 1370. The van der Waals surface area contributed by atoms with Crippen molar-refractivity contribution in [1.82, 2.24) is 0 Å². The van der Waals surface area contributed by atoms with Gasteiger partial charge in [-0.3, -0.25) is 0 Å². The number of rotatable bonds is 10. The summed E-state index contributed by atoms with van der Waals surface area (Å²) in [5.41, 5.74) is 2.93. The molecule has 0 radical (unpaired) electrons. The predicted molar refractivity (Wildman–Crippen MR) is 145 cm³/mol. The van der Waals surface area contributed by atoms with E-state index < -0.39 is 41.7 Å². The van der Waals surface area contributed by atoms with Crippen LogP contribution in [0.4, 0.5) is 30.7 Å². The monoisotopic (exact) mass is 594 g/mol. The van der Waals surface area contributed by atoms with Crippen molar-refractivity contribution in [2.75, 3.05) is 13.2 Å². The number of hydrogen-bond acceptors (Lipinski definition) is 3. The number of aryl methyl sites for hydroxylation is 1. The van der Waals surface area contributed by atoms with E-state index in [1.807, 2.05) is 31.2 Å². The van der Waals surface area contributed by atoms with Gasteiger partial charge in [0, 0.05) is 23.5 Å². The highest BCUT2D eigenvalue weighted by molar-refractivity contribution is 5.68. The van der Waals surface area contributed by atoms with Gasteiger partial charge >= 0.3 is 6.36 Å². The molecule has 1 saturated heterocycles. The fourth-order valence-electron chi connectivity index (χ4n) is 4.52. The molecule has 0 N–H and O–H groups in total. The summed E-state index contributed by atoms with van der Waals surface area (Å²) in [6.07, 6.45) is -0.917. The lowest BCUT2D eigenvalue weighted by Gasteiger charge is -2.30. The Morgan fingerprint density at radius 2 is 1.48 bits per heavy atom. The summed E-state index contributed by atoms with van der Waals surface area (Å²) < 4.78 is 108. The van der Waals surface area contributed by atoms with Gasteiger partial charge in [0.15, 0.2) is 23.8 Å². The van der Waals surface area contributed by atoms with E-state index >= 15 is 0 Å². The van der Waals surface area contributed by atoms with Crippen LogP contribution in [-0.2, 0) is 15.9 Å². The van der Waals surface area contributed by atoms with Gasteiger partial charge in [0.05, 0.1) is 13.2 Å². The van der Waals surface area contributed by atoms with E-state index in [1.165, 1.54) is 0 Å². The number of halogens is 7. The second kappa shape index (κ2) is 14.0. The Labute approximate surface area is 239 Å². The van der Waals surface area contributed by atoms with Gasteiger partial charge < -0.3 is 14.2 Å². The summed E-state index contributed by atoms with van der Waals surface area (Å²) in [6, 6.07) is 15.8. The molecular weight excluding hydrogens is 565 g/mol. The van der Waals surface area contributed by atoms with E-state index in [4.69, 9.17) is 9.47 Å². The van der Waals surface area contributed by atoms with E-state index in [9.17, 15) is 30.7 Å². The van der Waals surface area contributed by atoms with Crippen LogP contribution in [0.15, 0.2) is 78.6 Å². The van der Waals surface area contributed by atoms with Crippen LogP contribution < -0.4 is 4.74 Å². The van der Waals surface area contributed by atoms with Crippen LogP contribution in [0.1, 0.15) is 49.2 Å². The minimum absolute atomic E-state index is 0.00246. The summed E-state index contributed by atoms with van der Waals surface area (Å²) in [4.78, 5) is 0. The Hall–Kier alpha value is -3.63. The van der Waals surface area contributed by atoms with Crippen molar-refractivity contribution in [3.05, 3.63) is 107 Å². The average Bonchev–Trinajstić information content (AvgIpc) is 2.97. The van der Waals surface area contributed by atoms with Crippen LogP contribution in [-0.4, -0.2) is 19.6 Å². The molecule has 1 fully saturated rings. The summed E-state index contributed by atoms with van der Waals surface area (Å²) in [6.45, 7) is 2.30. The van der Waals surface area contributed by atoms with Crippen molar-refractivity contribution in [1.29, 1.82) is 0 Å². The van der Waals surface area contributed by atoms with Crippen LogP contribution in [0.3, 0.4) is 0 Å². The maximum atomic E-state index is 14.4. The molecule has 3 nitrogen and oxygen atoms in total. The van der Waals surface area contributed by atoms with E-state index in [-0.39, 0.29) is 36.7 Å². The van der Waals surface area contributed by atoms with Crippen LogP contribution in [0.25, 0.3) is 17.0 Å². The molecule has 224 valence electrons. The van der Waals surface area contributed by atoms with Crippen LogP contribution in [0.5, 0.6) is 5.75 Å². The van der Waals surface area contributed by atoms with Crippen LogP contribution in [0, 0.1) is 17.6 Å². The Balaban J connectivity index is 1.27. The molecule has 0 saturated carbocycles. The highest BCUT2D eigenvalue weighted by atomic mass is 19.4. The van der Waals surface area contributed by atoms with Gasteiger partial charge in [-0.25, -0.2) is 17.6 Å². The summed E-state index contributed by atoms with van der Waals surface area (Å²) in [5.74, 6) is -6.18. The Kier molecular flexibility index (Phi) is 10.5. The molecule has 10 heteroatoms. The smallest absolute Gasteiger partial charge is 0.399 e. The molecule has 1 heterocycles. The standard InChI is InChI=1S/C32H29F7O3/c1-2-3-4-5-26(33)29(36)24-14-12-23(13-15-24)22-10-8-20(9-11-22)6-7-21-18-40-31(41-19-21)25-16-27(34)30(28(35)17-25)42-32(37,38)39/h2-3,8-17,21,31H,4-7,18-19H2,1H3. The van der Waals surface area contributed by atoms with Gasteiger partial charge in [0.25, 0.3) is 0 Å². The summed E-state index contributed by atoms with van der Waals surface area (Å²) in [5, 5.41) is 0. The Morgan fingerprint density at radius 3 is 2.02 bits per heavy atom. The third-order valence-corrected chi connectivity index (χ3v) is 6.75. The molecule has 0 bridgehead atoms. The zero-order valence-electron chi connectivity index (χ0n) is 22.7. The molecule has 0 unspecified atom stereocenters. The molecule has 0 amide bonds. The lowest BCUT2D eigenvalue weighted by Crippen LogP contribution is -2.27. The van der Waals surface area contributed by atoms with Crippen molar-refractivity contribution in [3.8, 4) is 16.9 Å². The lowest BCUT2D eigenvalue weighted by atomic mass is 9.97. The molecular formula is C32H29F7O3. The van der Waals surface area contributed by atoms with Gasteiger partial charge in [0.1, 0.15) is 5.83 Å². The van der Waals surface area contributed by atoms with Gasteiger partial charge in [-0.1, -0.05) is 60.7 Å². The van der Waals surface area contributed by atoms with E-state index in [2.05, 4.69) is 4.74 Å². The fraction of sp³-hybridized carbons (Fsp3) is 0.312. The minimum Gasteiger partial charge on any atom is -0.399 e. The van der Waals surface area contributed by atoms with Gasteiger partial charge in [-0.2, -0.15) is 0 Å². The largest absolute Gasteiger partial charge is 0.573 e. The minimum atomic E-state index is -5.23. The molecule has 0 aromatic heterocycles. The van der Waals surface area contributed by atoms with Crippen molar-refractivity contribution in [2.24, 2.45) is 5.92 Å². The molecule has 42 heavy (non-hydrogen) atoms. The first-order valence-corrected chi connectivity index (χ1v) is 13.4. The highest BCUT2D eigenvalue weighted by Gasteiger charge is 2.35. The van der Waals surface area contributed by atoms with Crippen molar-refractivity contribution in [3.63, 3.8) is 0 Å². The zero-order valence-corrected chi connectivity index (χ0v) is 22.7. The molecule has 0 atom stereocenters. The number of ether oxygens (including phenoxy) is 3. The SMILES string of the molecule is CC=CCCC(F)=C(F)c1ccc(-c2ccc(CCC3COC(c4cc(F)c(OC(F)(F)F)c(F)c4)OC3)cc2)cc1. The topological polar surface area (TPSA) is 27.7 Å². The van der Waals surface area contributed by atoms with Crippen molar-refractivity contribution < 1.29 is 44.9 Å². The molecule has 0 spiro atoms. The maximum absolute atomic E-state index is 14.4. The van der Waals surface area contributed by atoms with Gasteiger partial charge in [-0.15, -0.1) is 13.2 Å². The highest BCUT2D eigenvalue weighted by Crippen LogP contribution is 2.34. The van der Waals surface area contributed by atoms with Crippen LogP contribution in [0.2, 0.25) is 0 Å². The molecule has 1 aliphatic heterocycles. The average molecular weight is 595 g/mol.